The van der Waals surface area contributed by atoms with Gasteiger partial charge in [-0.15, -0.1) is 0 Å². The lowest BCUT2D eigenvalue weighted by Gasteiger charge is -2.07. The lowest BCUT2D eigenvalue weighted by atomic mass is 10.1. The van der Waals surface area contributed by atoms with E-state index in [1.165, 1.54) is 18.2 Å². The fourth-order valence-corrected chi connectivity index (χ4v) is 2.03. The number of halogens is 3. The van der Waals surface area contributed by atoms with Gasteiger partial charge in [0.05, 0.1) is 5.02 Å². The van der Waals surface area contributed by atoms with Crippen molar-refractivity contribution in [3.05, 3.63) is 70.2 Å². The van der Waals surface area contributed by atoms with E-state index in [1.54, 1.807) is 18.2 Å². The first-order valence-corrected chi connectivity index (χ1v) is 6.42. The Kier molecular flexibility index (Phi) is 4.88. The third-order valence-electron chi connectivity index (χ3n) is 2.83. The number of benzene rings is 2. The third-order valence-corrected chi connectivity index (χ3v) is 3.25. The first-order chi connectivity index (χ1) is 9.16. The van der Waals surface area contributed by atoms with Gasteiger partial charge in [0, 0.05) is 6.54 Å². The van der Waals surface area contributed by atoms with Crippen molar-refractivity contribution < 1.29 is 8.78 Å². The highest BCUT2D eigenvalue weighted by Crippen LogP contribution is 2.19. The molecule has 1 nitrogen and oxygen atoms in total. The Hall–Kier alpha value is -1.45. The molecule has 0 saturated carbocycles. The fourth-order valence-electron chi connectivity index (χ4n) is 1.83. The van der Waals surface area contributed by atoms with Gasteiger partial charge in [-0.05, 0) is 42.3 Å². The third kappa shape index (κ3) is 4.01. The largest absolute Gasteiger partial charge is 0.312 e. The zero-order valence-corrected chi connectivity index (χ0v) is 11.1. The molecular formula is C15H14ClF2N. The second-order valence-corrected chi connectivity index (χ2v) is 4.65. The summed E-state index contributed by atoms with van der Waals surface area (Å²) in [4.78, 5) is 0. The normalized spacial score (nSPS) is 10.7. The van der Waals surface area contributed by atoms with Crippen LogP contribution >= 0.6 is 11.6 Å². The van der Waals surface area contributed by atoms with Crippen LogP contribution in [0.5, 0.6) is 0 Å². The highest BCUT2D eigenvalue weighted by molar-refractivity contribution is 6.31. The van der Waals surface area contributed by atoms with E-state index in [0.29, 0.717) is 19.5 Å². The molecule has 0 saturated heterocycles. The molecular weight excluding hydrogens is 268 g/mol. The monoisotopic (exact) mass is 281 g/mol. The minimum atomic E-state index is -0.411. The van der Waals surface area contributed by atoms with Gasteiger partial charge in [-0.2, -0.15) is 0 Å². The van der Waals surface area contributed by atoms with Crippen LogP contribution in [0.4, 0.5) is 8.78 Å². The molecule has 0 fully saturated rings. The molecule has 1 N–H and O–H groups in total. The zero-order valence-electron chi connectivity index (χ0n) is 10.3. The van der Waals surface area contributed by atoms with Crippen LogP contribution in [0.2, 0.25) is 5.02 Å². The van der Waals surface area contributed by atoms with Gasteiger partial charge >= 0.3 is 0 Å². The average molecular weight is 282 g/mol. The molecule has 0 amide bonds. The summed E-state index contributed by atoms with van der Waals surface area (Å²) in [7, 11) is 0. The first kappa shape index (κ1) is 14.0. The van der Waals surface area contributed by atoms with Gasteiger partial charge in [-0.1, -0.05) is 35.9 Å². The van der Waals surface area contributed by atoms with Gasteiger partial charge in [0.1, 0.15) is 11.6 Å². The van der Waals surface area contributed by atoms with E-state index in [9.17, 15) is 8.78 Å². The maximum atomic E-state index is 13.2. The molecule has 2 aromatic carbocycles. The Morgan fingerprint density at radius 1 is 1.05 bits per heavy atom. The smallest absolute Gasteiger partial charge is 0.142 e. The standard InChI is InChI=1S/C15H14ClF2N/c16-15-12(4-2-6-14(15)18)10-19-8-7-11-3-1-5-13(17)9-11/h1-6,9,19H,7-8,10H2. The van der Waals surface area contributed by atoms with E-state index in [1.807, 2.05) is 6.07 Å². The van der Waals surface area contributed by atoms with Crippen LogP contribution in [-0.2, 0) is 13.0 Å². The number of rotatable bonds is 5. The summed E-state index contributed by atoms with van der Waals surface area (Å²) in [6.45, 7) is 1.17. The van der Waals surface area contributed by atoms with Crippen LogP contribution in [0.25, 0.3) is 0 Å². The first-order valence-electron chi connectivity index (χ1n) is 6.05. The van der Waals surface area contributed by atoms with Crippen molar-refractivity contribution in [2.45, 2.75) is 13.0 Å². The maximum absolute atomic E-state index is 13.2. The number of hydrogen-bond acceptors (Lipinski definition) is 1. The van der Waals surface area contributed by atoms with Crippen LogP contribution in [0.1, 0.15) is 11.1 Å². The van der Waals surface area contributed by atoms with Gasteiger partial charge in [0.2, 0.25) is 0 Å². The van der Waals surface area contributed by atoms with Crippen molar-refractivity contribution in [3.63, 3.8) is 0 Å². The van der Waals surface area contributed by atoms with Crippen LogP contribution in [-0.4, -0.2) is 6.54 Å². The number of hydrogen-bond donors (Lipinski definition) is 1. The van der Waals surface area contributed by atoms with Crippen molar-refractivity contribution in [1.82, 2.24) is 5.32 Å². The molecule has 0 spiro atoms. The molecule has 0 aliphatic heterocycles. The molecule has 0 heterocycles. The topological polar surface area (TPSA) is 12.0 Å². The molecule has 0 unspecified atom stereocenters. The molecule has 0 aromatic heterocycles. The van der Waals surface area contributed by atoms with E-state index in [0.717, 1.165) is 11.1 Å². The Labute approximate surface area is 116 Å². The maximum Gasteiger partial charge on any atom is 0.142 e. The summed E-state index contributed by atoms with van der Waals surface area (Å²) in [5.41, 5.74) is 1.65. The predicted octanol–water partition coefficient (Wildman–Crippen LogP) is 3.95. The van der Waals surface area contributed by atoms with Gasteiger partial charge < -0.3 is 5.32 Å². The van der Waals surface area contributed by atoms with Crippen LogP contribution < -0.4 is 5.32 Å². The van der Waals surface area contributed by atoms with Gasteiger partial charge in [0.25, 0.3) is 0 Å². The quantitative estimate of drug-likeness (QED) is 0.818. The number of nitrogens with one attached hydrogen (secondary N) is 1. The summed E-state index contributed by atoms with van der Waals surface area (Å²) >= 11 is 5.85. The molecule has 0 radical (unpaired) electrons. The van der Waals surface area contributed by atoms with E-state index >= 15 is 0 Å². The SMILES string of the molecule is Fc1cccc(CCNCc2cccc(F)c2Cl)c1. The summed E-state index contributed by atoms with van der Waals surface area (Å²) < 4.78 is 26.2. The summed E-state index contributed by atoms with van der Waals surface area (Å²) in [5.74, 6) is -0.642. The highest BCUT2D eigenvalue weighted by Gasteiger charge is 2.04. The summed E-state index contributed by atoms with van der Waals surface area (Å²) in [6.07, 6.45) is 0.713. The van der Waals surface area contributed by atoms with Crippen molar-refractivity contribution in [1.29, 1.82) is 0 Å². The van der Waals surface area contributed by atoms with E-state index < -0.39 is 5.82 Å². The molecule has 2 rings (SSSR count). The summed E-state index contributed by atoms with van der Waals surface area (Å²) in [5, 5.41) is 3.32. The van der Waals surface area contributed by atoms with E-state index in [-0.39, 0.29) is 10.8 Å². The Bertz CT molecular complexity index is 558. The Balaban J connectivity index is 1.82. The van der Waals surface area contributed by atoms with E-state index in [2.05, 4.69) is 5.32 Å². The van der Waals surface area contributed by atoms with Crippen molar-refractivity contribution in [2.75, 3.05) is 6.54 Å². The minimum absolute atomic E-state index is 0.153. The Morgan fingerprint density at radius 2 is 1.84 bits per heavy atom. The molecule has 100 valence electrons. The molecule has 0 aliphatic carbocycles. The molecule has 4 heteroatoms. The van der Waals surface area contributed by atoms with Crippen LogP contribution in [0, 0.1) is 11.6 Å². The molecule has 0 aliphatic rings. The zero-order chi connectivity index (χ0) is 13.7. The van der Waals surface area contributed by atoms with Crippen LogP contribution in [0.15, 0.2) is 42.5 Å². The fraction of sp³-hybridized carbons (Fsp3) is 0.200. The van der Waals surface area contributed by atoms with Gasteiger partial charge in [0.15, 0.2) is 0 Å². The van der Waals surface area contributed by atoms with Gasteiger partial charge in [-0.25, -0.2) is 8.78 Å². The predicted molar refractivity (Wildman–Crippen MR) is 73.2 cm³/mol. The summed E-state index contributed by atoms with van der Waals surface area (Å²) in [6, 6.07) is 11.2. The van der Waals surface area contributed by atoms with Gasteiger partial charge in [-0.3, -0.25) is 0 Å². The lowest BCUT2D eigenvalue weighted by Crippen LogP contribution is -2.17. The molecule has 19 heavy (non-hydrogen) atoms. The van der Waals surface area contributed by atoms with Crippen molar-refractivity contribution in [2.24, 2.45) is 0 Å². The van der Waals surface area contributed by atoms with Crippen molar-refractivity contribution >= 4 is 11.6 Å². The average Bonchev–Trinajstić information content (AvgIpc) is 2.39. The second-order valence-electron chi connectivity index (χ2n) is 4.27. The molecule has 0 bridgehead atoms. The highest BCUT2D eigenvalue weighted by atomic mass is 35.5. The van der Waals surface area contributed by atoms with E-state index in [4.69, 9.17) is 11.6 Å². The Morgan fingerprint density at radius 3 is 2.63 bits per heavy atom. The molecule has 0 atom stereocenters. The minimum Gasteiger partial charge on any atom is -0.312 e. The lowest BCUT2D eigenvalue weighted by molar-refractivity contribution is 0.617. The second kappa shape index (κ2) is 6.64. The molecule has 2 aromatic rings. The van der Waals surface area contributed by atoms with Crippen molar-refractivity contribution in [3.8, 4) is 0 Å². The van der Waals surface area contributed by atoms with Crippen LogP contribution in [0.3, 0.4) is 0 Å².